The molecule has 0 saturated heterocycles. The van der Waals surface area contributed by atoms with Crippen LogP contribution in [0.15, 0.2) is 0 Å². The molecule has 0 bridgehead atoms. The maximum atomic E-state index is 10.3. The first kappa shape index (κ1) is 32.0. The molecule has 0 rings (SSSR count). The van der Waals surface area contributed by atoms with E-state index in [-0.39, 0.29) is 13.2 Å². The predicted octanol–water partition coefficient (Wildman–Crippen LogP) is 1.83. The summed E-state index contributed by atoms with van der Waals surface area (Å²) < 4.78 is 0. The van der Waals surface area contributed by atoms with Crippen molar-refractivity contribution in [3.05, 3.63) is 0 Å². The molecule has 0 atom stereocenters. The van der Waals surface area contributed by atoms with Gasteiger partial charge in [-0.1, -0.05) is 84.0 Å². The van der Waals surface area contributed by atoms with E-state index in [2.05, 4.69) is 6.92 Å². The zero-order valence-corrected chi connectivity index (χ0v) is 17.5. The Kier molecular flexibility index (Phi) is 32.5. The number of carboxylic acid groups (broad SMARTS) is 1. The van der Waals surface area contributed by atoms with E-state index in [4.69, 9.17) is 35.5 Å². The fraction of sp³-hybridized carbons (Fsp3) is 0.947. The normalized spacial score (nSPS) is 10.0. The second-order valence-corrected chi connectivity index (χ2v) is 6.75. The SMILES string of the molecule is CCCCCCCCCCCCCCCC(=O)O.OB(O)O.OCC(O)CO. The summed E-state index contributed by atoms with van der Waals surface area (Å²) in [7, 11) is -2.17. The zero-order chi connectivity index (χ0) is 22.0. The monoisotopic (exact) mass is 410 g/mol. The van der Waals surface area contributed by atoms with Crippen molar-refractivity contribution in [3.8, 4) is 0 Å². The third-order valence-electron chi connectivity index (χ3n) is 3.92. The van der Waals surface area contributed by atoms with Crippen LogP contribution in [-0.4, -0.2) is 68.1 Å². The number of unbranched alkanes of at least 4 members (excludes halogenated alkanes) is 12. The number of aliphatic hydroxyl groups excluding tert-OH is 3. The summed E-state index contributed by atoms with van der Waals surface area (Å²) in [6, 6.07) is 0. The van der Waals surface area contributed by atoms with Crippen LogP contribution < -0.4 is 0 Å². The number of aliphatic carboxylic acids is 1. The number of carbonyl (C=O) groups is 1. The quantitative estimate of drug-likeness (QED) is 0.150. The lowest BCUT2D eigenvalue weighted by atomic mass is 10.0. The highest BCUT2D eigenvalue weighted by Gasteiger charge is 1.97. The third kappa shape index (κ3) is 44.6. The van der Waals surface area contributed by atoms with Crippen molar-refractivity contribution in [2.45, 2.75) is 103 Å². The molecule has 0 aromatic heterocycles. The summed E-state index contributed by atoms with van der Waals surface area (Å²) in [4.78, 5) is 10.3. The number of rotatable bonds is 16. The average Bonchev–Trinajstić information content (AvgIpc) is 2.64. The first-order valence-corrected chi connectivity index (χ1v) is 10.5. The van der Waals surface area contributed by atoms with Crippen molar-refractivity contribution in [3.63, 3.8) is 0 Å². The standard InChI is InChI=1S/C16H32O2.C3H8O3.BH3O3/c1-2-3-4-5-6-7-8-9-10-11-12-13-14-15-16(17)18;4-1-3(6)2-5;2-1(3)4/h2-15H2,1H3,(H,17,18);3-6H,1-2H2;2-4H. The summed E-state index contributed by atoms with van der Waals surface area (Å²) in [6.45, 7) is 1.53. The lowest BCUT2D eigenvalue weighted by Crippen LogP contribution is -2.15. The third-order valence-corrected chi connectivity index (χ3v) is 3.92. The number of hydrogen-bond donors (Lipinski definition) is 7. The van der Waals surface area contributed by atoms with Gasteiger partial charge in [-0.25, -0.2) is 0 Å². The van der Waals surface area contributed by atoms with Crippen LogP contribution in [0.3, 0.4) is 0 Å². The predicted molar refractivity (Wildman–Crippen MR) is 111 cm³/mol. The van der Waals surface area contributed by atoms with E-state index in [1.165, 1.54) is 70.6 Å². The minimum atomic E-state index is -2.17. The van der Waals surface area contributed by atoms with E-state index in [1.54, 1.807) is 0 Å². The summed E-state index contributed by atoms with van der Waals surface area (Å²) in [5, 5.41) is 54.0. The second kappa shape index (κ2) is 28.5. The fourth-order valence-corrected chi connectivity index (χ4v) is 2.35. The molecule has 7 N–H and O–H groups in total. The van der Waals surface area contributed by atoms with Crippen molar-refractivity contribution >= 4 is 13.3 Å². The molecule has 0 fully saturated rings. The largest absolute Gasteiger partial charge is 0.631 e. The maximum absolute atomic E-state index is 10.3. The van der Waals surface area contributed by atoms with Crippen LogP contribution in [0.1, 0.15) is 96.8 Å². The minimum Gasteiger partial charge on any atom is -0.481 e. The zero-order valence-electron chi connectivity index (χ0n) is 17.5. The molecule has 0 aromatic carbocycles. The molecule has 0 aromatic rings. The number of hydrogen-bond acceptors (Lipinski definition) is 7. The highest BCUT2D eigenvalue weighted by atomic mass is 16.5. The Morgan fingerprint density at radius 2 is 1.00 bits per heavy atom. The molecule has 0 unspecified atom stereocenters. The summed E-state index contributed by atoms with van der Waals surface area (Å²) in [5.41, 5.74) is 0. The summed E-state index contributed by atoms with van der Waals surface area (Å²) in [6.07, 6.45) is 16.3. The van der Waals surface area contributed by atoms with Crippen molar-refractivity contribution in [2.24, 2.45) is 0 Å². The van der Waals surface area contributed by atoms with Gasteiger partial charge < -0.3 is 35.5 Å². The second-order valence-electron chi connectivity index (χ2n) is 6.75. The Morgan fingerprint density at radius 3 is 1.21 bits per heavy atom. The van der Waals surface area contributed by atoms with Gasteiger partial charge in [0.25, 0.3) is 0 Å². The van der Waals surface area contributed by atoms with Crippen LogP contribution in [0.5, 0.6) is 0 Å². The van der Waals surface area contributed by atoms with E-state index in [9.17, 15) is 4.79 Å². The molecular formula is C19H43BO8. The van der Waals surface area contributed by atoms with Gasteiger partial charge in [0.1, 0.15) is 6.10 Å². The van der Waals surface area contributed by atoms with E-state index in [1.807, 2.05) is 0 Å². The molecule has 0 amide bonds. The molecule has 0 aliphatic carbocycles. The maximum Gasteiger partial charge on any atom is 0.631 e. The van der Waals surface area contributed by atoms with Crippen molar-refractivity contribution in [1.29, 1.82) is 0 Å². The molecule has 170 valence electrons. The number of carboxylic acids is 1. The van der Waals surface area contributed by atoms with Crippen LogP contribution in [-0.2, 0) is 4.79 Å². The Balaban J connectivity index is -0.000000513. The molecule has 8 nitrogen and oxygen atoms in total. The molecule has 0 aliphatic heterocycles. The van der Waals surface area contributed by atoms with Gasteiger partial charge in [0.2, 0.25) is 0 Å². The van der Waals surface area contributed by atoms with Gasteiger partial charge >= 0.3 is 13.3 Å². The Bertz CT molecular complexity index is 286. The van der Waals surface area contributed by atoms with Gasteiger partial charge in [0.15, 0.2) is 0 Å². The van der Waals surface area contributed by atoms with E-state index >= 15 is 0 Å². The molecule has 28 heavy (non-hydrogen) atoms. The lowest BCUT2D eigenvalue weighted by molar-refractivity contribution is -0.137. The Hall–Kier alpha value is -0.705. The smallest absolute Gasteiger partial charge is 0.481 e. The summed E-state index contributed by atoms with van der Waals surface area (Å²) in [5.74, 6) is -0.655. The highest BCUT2D eigenvalue weighted by Crippen LogP contribution is 2.12. The van der Waals surface area contributed by atoms with Gasteiger partial charge in [-0.15, -0.1) is 0 Å². The minimum absolute atomic E-state index is 0.345. The highest BCUT2D eigenvalue weighted by molar-refractivity contribution is 6.30. The van der Waals surface area contributed by atoms with E-state index in [0.29, 0.717) is 6.42 Å². The number of aliphatic hydroxyl groups is 3. The molecular weight excluding hydrogens is 367 g/mol. The topological polar surface area (TPSA) is 159 Å². The first-order chi connectivity index (χ1) is 13.3. The van der Waals surface area contributed by atoms with Crippen LogP contribution in [0.4, 0.5) is 0 Å². The van der Waals surface area contributed by atoms with Crippen molar-refractivity contribution in [1.82, 2.24) is 0 Å². The van der Waals surface area contributed by atoms with Crippen LogP contribution in [0.25, 0.3) is 0 Å². The molecule has 0 saturated carbocycles. The van der Waals surface area contributed by atoms with Crippen molar-refractivity contribution < 1.29 is 40.3 Å². The van der Waals surface area contributed by atoms with Crippen LogP contribution in [0, 0.1) is 0 Å². The first-order valence-electron chi connectivity index (χ1n) is 10.5. The fourth-order valence-electron chi connectivity index (χ4n) is 2.35. The van der Waals surface area contributed by atoms with Crippen LogP contribution in [0.2, 0.25) is 0 Å². The Morgan fingerprint density at radius 1 is 0.714 bits per heavy atom. The van der Waals surface area contributed by atoms with E-state index in [0.717, 1.165) is 12.8 Å². The van der Waals surface area contributed by atoms with Gasteiger partial charge in [0, 0.05) is 6.42 Å². The van der Waals surface area contributed by atoms with Gasteiger partial charge in [-0.05, 0) is 6.42 Å². The molecule has 9 heteroatoms. The van der Waals surface area contributed by atoms with Gasteiger partial charge in [0.05, 0.1) is 13.2 Å². The molecule has 0 spiro atoms. The van der Waals surface area contributed by atoms with E-state index < -0.39 is 19.4 Å². The molecule has 0 radical (unpaired) electrons. The van der Waals surface area contributed by atoms with Crippen LogP contribution >= 0.6 is 0 Å². The van der Waals surface area contributed by atoms with Gasteiger partial charge in [-0.2, -0.15) is 0 Å². The molecule has 0 heterocycles. The molecule has 0 aliphatic rings. The Labute approximate surface area is 170 Å². The lowest BCUT2D eigenvalue weighted by Gasteiger charge is -2.02. The van der Waals surface area contributed by atoms with Gasteiger partial charge in [-0.3, -0.25) is 4.79 Å². The summed E-state index contributed by atoms with van der Waals surface area (Å²) >= 11 is 0. The average molecular weight is 410 g/mol. The van der Waals surface area contributed by atoms with Crippen molar-refractivity contribution in [2.75, 3.05) is 13.2 Å².